The summed E-state index contributed by atoms with van der Waals surface area (Å²) >= 11 is 1.35. The lowest BCUT2D eigenvalue weighted by Crippen LogP contribution is -2.50. The Balaban J connectivity index is 1.92. The van der Waals surface area contributed by atoms with E-state index >= 15 is 0 Å². The van der Waals surface area contributed by atoms with Crippen molar-refractivity contribution in [3.63, 3.8) is 0 Å². The molecule has 2 aliphatic rings. The van der Waals surface area contributed by atoms with Crippen molar-refractivity contribution in [2.24, 2.45) is 0 Å². The minimum absolute atomic E-state index is 0.0101. The van der Waals surface area contributed by atoms with Gasteiger partial charge in [0.05, 0.1) is 21.6 Å². The van der Waals surface area contributed by atoms with Gasteiger partial charge in [0.25, 0.3) is 0 Å². The average molecular weight is 377 g/mol. The Morgan fingerprint density at radius 3 is 2.65 bits per heavy atom. The van der Waals surface area contributed by atoms with Crippen LogP contribution < -0.4 is 10.3 Å². The zero-order valence-electron chi connectivity index (χ0n) is 14.8. The SMILES string of the molecule is CC1CN(c2cc3c(cc2F)c(=O)c(C(=O)O)c2n3C(C)S2)CCN1C. The summed E-state index contributed by atoms with van der Waals surface area (Å²) < 4.78 is 16.7. The smallest absolute Gasteiger partial charge is 0.342 e. The molecule has 1 saturated heterocycles. The van der Waals surface area contributed by atoms with Gasteiger partial charge in [-0.05, 0) is 33.0 Å². The molecule has 6 nitrogen and oxygen atoms in total. The lowest BCUT2D eigenvalue weighted by Gasteiger charge is -2.39. The highest BCUT2D eigenvalue weighted by Crippen LogP contribution is 2.46. The Morgan fingerprint density at radius 2 is 2.04 bits per heavy atom. The minimum atomic E-state index is -1.27. The third-order valence-corrected chi connectivity index (χ3v) is 6.57. The van der Waals surface area contributed by atoms with E-state index in [4.69, 9.17) is 0 Å². The minimum Gasteiger partial charge on any atom is -0.477 e. The number of carbonyl (C=O) groups is 1. The summed E-state index contributed by atoms with van der Waals surface area (Å²) in [7, 11) is 2.05. The number of fused-ring (bicyclic) bond motifs is 3. The van der Waals surface area contributed by atoms with Gasteiger partial charge in [-0.2, -0.15) is 0 Å². The molecule has 1 aromatic carbocycles. The van der Waals surface area contributed by atoms with Gasteiger partial charge in [-0.1, -0.05) is 11.8 Å². The fourth-order valence-corrected chi connectivity index (χ4v) is 4.89. The van der Waals surface area contributed by atoms with Crippen LogP contribution >= 0.6 is 11.8 Å². The Labute approximate surface area is 154 Å². The molecule has 0 aliphatic carbocycles. The molecule has 1 N–H and O–H groups in total. The average Bonchev–Trinajstić information content (AvgIpc) is 2.57. The van der Waals surface area contributed by atoms with Gasteiger partial charge in [0.15, 0.2) is 0 Å². The number of thioether (sulfide) groups is 1. The molecule has 26 heavy (non-hydrogen) atoms. The number of benzene rings is 1. The van der Waals surface area contributed by atoms with Crippen molar-refractivity contribution in [2.75, 3.05) is 31.6 Å². The van der Waals surface area contributed by atoms with E-state index in [1.165, 1.54) is 17.8 Å². The van der Waals surface area contributed by atoms with Gasteiger partial charge < -0.3 is 19.5 Å². The molecule has 0 radical (unpaired) electrons. The second-order valence-electron chi connectivity index (χ2n) is 7.00. The highest BCUT2D eigenvalue weighted by Gasteiger charge is 2.33. The third kappa shape index (κ3) is 2.43. The molecule has 1 aromatic heterocycles. The van der Waals surface area contributed by atoms with Crippen molar-refractivity contribution < 1.29 is 14.3 Å². The Bertz CT molecular complexity index is 990. The van der Waals surface area contributed by atoms with Gasteiger partial charge in [0, 0.05) is 31.1 Å². The first kappa shape index (κ1) is 17.4. The van der Waals surface area contributed by atoms with Crippen molar-refractivity contribution >= 4 is 34.3 Å². The van der Waals surface area contributed by atoms with Gasteiger partial charge in [0.2, 0.25) is 5.43 Å². The Hall–Kier alpha value is -2.06. The quantitative estimate of drug-likeness (QED) is 0.868. The third-order valence-electron chi connectivity index (χ3n) is 5.39. The van der Waals surface area contributed by atoms with Crippen LogP contribution in [0.5, 0.6) is 0 Å². The maximum Gasteiger partial charge on any atom is 0.342 e. The predicted molar refractivity (Wildman–Crippen MR) is 100.0 cm³/mol. The number of halogens is 1. The van der Waals surface area contributed by atoms with Gasteiger partial charge >= 0.3 is 5.97 Å². The van der Waals surface area contributed by atoms with E-state index < -0.39 is 17.2 Å². The maximum absolute atomic E-state index is 14.8. The summed E-state index contributed by atoms with van der Waals surface area (Å²) in [5.41, 5.74) is 0.194. The normalized spacial score (nSPS) is 23.0. The number of hydrogen-bond donors (Lipinski definition) is 1. The predicted octanol–water partition coefficient (Wildman–Crippen LogP) is 2.60. The number of aromatic carboxylic acids is 1. The van der Waals surface area contributed by atoms with E-state index in [2.05, 4.69) is 11.8 Å². The number of carboxylic acids is 1. The fourth-order valence-electron chi connectivity index (χ4n) is 3.73. The molecule has 2 aromatic rings. The Morgan fingerprint density at radius 1 is 1.31 bits per heavy atom. The van der Waals surface area contributed by atoms with Crippen LogP contribution in [0.1, 0.15) is 29.6 Å². The van der Waals surface area contributed by atoms with E-state index in [1.54, 1.807) is 6.07 Å². The van der Waals surface area contributed by atoms with E-state index in [0.717, 1.165) is 6.54 Å². The largest absolute Gasteiger partial charge is 0.477 e. The molecule has 0 saturated carbocycles. The number of hydrogen-bond acceptors (Lipinski definition) is 5. The van der Waals surface area contributed by atoms with Crippen LogP contribution in [-0.2, 0) is 0 Å². The molecular formula is C18H20FN3O3S. The van der Waals surface area contributed by atoms with E-state index in [-0.39, 0.29) is 16.3 Å². The summed E-state index contributed by atoms with van der Waals surface area (Å²) in [6.45, 7) is 6.28. The number of anilines is 1. The zero-order valence-corrected chi connectivity index (χ0v) is 15.6. The molecule has 0 bridgehead atoms. The fraction of sp³-hybridized carbons (Fsp3) is 0.444. The number of rotatable bonds is 2. The van der Waals surface area contributed by atoms with Crippen molar-refractivity contribution in [1.29, 1.82) is 0 Å². The number of pyridine rings is 1. The van der Waals surface area contributed by atoms with Crippen LogP contribution in [0, 0.1) is 5.82 Å². The molecule has 3 heterocycles. The van der Waals surface area contributed by atoms with Crippen molar-refractivity contribution in [3.05, 3.63) is 33.7 Å². The Kier molecular flexibility index (Phi) is 4.00. The molecule has 4 rings (SSSR count). The van der Waals surface area contributed by atoms with Gasteiger partial charge in [-0.25, -0.2) is 9.18 Å². The van der Waals surface area contributed by atoms with E-state index in [9.17, 15) is 19.1 Å². The molecule has 2 atom stereocenters. The second kappa shape index (κ2) is 5.99. The van der Waals surface area contributed by atoms with Crippen LogP contribution in [-0.4, -0.2) is 53.3 Å². The monoisotopic (exact) mass is 377 g/mol. The molecule has 0 amide bonds. The van der Waals surface area contributed by atoms with E-state index in [0.29, 0.717) is 35.4 Å². The van der Waals surface area contributed by atoms with Crippen molar-refractivity contribution in [2.45, 2.75) is 30.3 Å². The number of piperazine rings is 1. The number of carboxylic acid groups (broad SMARTS) is 1. The lowest BCUT2D eigenvalue weighted by atomic mass is 10.1. The summed E-state index contributed by atoms with van der Waals surface area (Å²) in [5.74, 6) is -1.75. The second-order valence-corrected chi connectivity index (χ2v) is 8.30. The van der Waals surface area contributed by atoms with E-state index in [1.807, 2.05) is 23.4 Å². The summed E-state index contributed by atoms with van der Waals surface area (Å²) in [6, 6.07) is 3.20. The van der Waals surface area contributed by atoms with Crippen LogP contribution in [0.25, 0.3) is 10.9 Å². The number of likely N-dealkylation sites (N-methyl/N-ethyl adjacent to an activating group) is 1. The molecule has 138 valence electrons. The van der Waals surface area contributed by atoms with Gasteiger partial charge in [-0.15, -0.1) is 0 Å². The highest BCUT2D eigenvalue weighted by atomic mass is 32.2. The zero-order chi connectivity index (χ0) is 18.7. The van der Waals surface area contributed by atoms with Crippen LogP contribution in [0.15, 0.2) is 22.0 Å². The summed E-state index contributed by atoms with van der Waals surface area (Å²) in [6.07, 6.45) is 0. The maximum atomic E-state index is 14.8. The van der Waals surface area contributed by atoms with Gasteiger partial charge in [0.1, 0.15) is 11.4 Å². The molecule has 2 unspecified atom stereocenters. The highest BCUT2D eigenvalue weighted by molar-refractivity contribution is 8.00. The first-order valence-electron chi connectivity index (χ1n) is 8.56. The topological polar surface area (TPSA) is 65.8 Å². The standard InChI is InChI=1S/C18H20FN3O3S/c1-9-8-21(5-4-20(9)3)14-7-13-11(6-12(14)19)16(23)15(18(24)25)17-22(13)10(2)26-17/h6-7,9-10H,4-5,8H2,1-3H3,(H,24,25). The number of nitrogens with zero attached hydrogens (tertiary/aromatic N) is 3. The summed E-state index contributed by atoms with van der Waals surface area (Å²) in [5, 5.41) is 9.99. The van der Waals surface area contributed by atoms with Crippen molar-refractivity contribution in [1.82, 2.24) is 9.47 Å². The summed E-state index contributed by atoms with van der Waals surface area (Å²) in [4.78, 5) is 28.4. The van der Waals surface area contributed by atoms with Crippen LogP contribution in [0.4, 0.5) is 10.1 Å². The van der Waals surface area contributed by atoms with Crippen LogP contribution in [0.2, 0.25) is 0 Å². The van der Waals surface area contributed by atoms with Crippen LogP contribution in [0.3, 0.4) is 0 Å². The number of aromatic nitrogens is 1. The first-order chi connectivity index (χ1) is 12.3. The molecule has 8 heteroatoms. The molecule has 2 aliphatic heterocycles. The lowest BCUT2D eigenvalue weighted by molar-refractivity contribution is 0.0689. The molecule has 0 spiro atoms. The first-order valence-corrected chi connectivity index (χ1v) is 9.44. The van der Waals surface area contributed by atoms with Gasteiger partial charge in [-0.3, -0.25) is 4.79 Å². The van der Waals surface area contributed by atoms with Crippen molar-refractivity contribution in [3.8, 4) is 0 Å². The molecule has 1 fully saturated rings. The molecular weight excluding hydrogens is 357 g/mol.